The molecular formula is C16H23N5O3. The topological polar surface area (TPSA) is 95.6 Å². The van der Waals surface area contributed by atoms with E-state index in [2.05, 4.69) is 25.8 Å². The van der Waals surface area contributed by atoms with Crippen LogP contribution in [-0.2, 0) is 9.53 Å². The van der Waals surface area contributed by atoms with E-state index in [0.717, 1.165) is 31.7 Å². The average Bonchev–Trinajstić information content (AvgIpc) is 2.81. The van der Waals surface area contributed by atoms with Crippen molar-refractivity contribution in [3.8, 4) is 0 Å². The minimum absolute atomic E-state index is 0.122. The van der Waals surface area contributed by atoms with E-state index in [1.807, 2.05) is 12.1 Å². The molecule has 2 aliphatic heterocycles. The number of carbonyl (C=O) groups excluding carboxylic acids is 2. The quantitative estimate of drug-likeness (QED) is 0.757. The van der Waals surface area contributed by atoms with Gasteiger partial charge in [-0.25, -0.2) is 9.78 Å². The first-order valence-corrected chi connectivity index (χ1v) is 8.36. The van der Waals surface area contributed by atoms with Gasteiger partial charge in [0.25, 0.3) is 0 Å². The van der Waals surface area contributed by atoms with Crippen molar-refractivity contribution in [1.82, 2.24) is 15.6 Å². The van der Waals surface area contributed by atoms with Gasteiger partial charge in [0, 0.05) is 19.6 Å². The average molecular weight is 333 g/mol. The first kappa shape index (κ1) is 16.5. The molecule has 130 valence electrons. The van der Waals surface area contributed by atoms with E-state index in [1.54, 1.807) is 6.20 Å². The van der Waals surface area contributed by atoms with E-state index in [0.29, 0.717) is 31.9 Å². The lowest BCUT2D eigenvalue weighted by molar-refractivity contribution is -0.122. The van der Waals surface area contributed by atoms with Crippen LogP contribution in [-0.4, -0.2) is 55.8 Å². The largest absolute Gasteiger partial charge is 0.378 e. The lowest BCUT2D eigenvalue weighted by atomic mass is 10.1. The molecule has 8 heteroatoms. The minimum atomic E-state index is -0.479. The highest BCUT2D eigenvalue weighted by Gasteiger charge is 2.22. The number of urea groups is 1. The monoisotopic (exact) mass is 333 g/mol. The molecule has 24 heavy (non-hydrogen) atoms. The first-order valence-electron chi connectivity index (χ1n) is 8.36. The number of hydrogen-bond acceptors (Lipinski definition) is 5. The third-order valence-corrected chi connectivity index (χ3v) is 4.18. The second kappa shape index (κ2) is 7.96. The van der Waals surface area contributed by atoms with Crippen LogP contribution in [0.25, 0.3) is 0 Å². The van der Waals surface area contributed by atoms with Gasteiger partial charge in [-0.15, -0.1) is 0 Å². The summed E-state index contributed by atoms with van der Waals surface area (Å²) in [6, 6.07) is 2.81. The molecule has 3 rings (SSSR count). The van der Waals surface area contributed by atoms with Crippen LogP contribution in [0, 0.1) is 0 Å². The van der Waals surface area contributed by atoms with E-state index < -0.39 is 12.1 Å². The Kier molecular flexibility index (Phi) is 5.47. The fourth-order valence-corrected chi connectivity index (χ4v) is 2.84. The molecule has 2 aliphatic rings. The zero-order chi connectivity index (χ0) is 16.8. The molecule has 0 aromatic carbocycles. The van der Waals surface area contributed by atoms with Crippen LogP contribution in [0.5, 0.6) is 0 Å². The SMILES string of the molecule is O=C(Nc1ccc(N2CCOCC2)nc1)NC1CCCCNC1=O. The van der Waals surface area contributed by atoms with E-state index >= 15 is 0 Å². The van der Waals surface area contributed by atoms with Gasteiger partial charge in [0.2, 0.25) is 5.91 Å². The number of amides is 3. The maximum Gasteiger partial charge on any atom is 0.319 e. The number of anilines is 2. The summed E-state index contributed by atoms with van der Waals surface area (Å²) < 4.78 is 5.32. The summed E-state index contributed by atoms with van der Waals surface area (Å²) in [4.78, 5) is 30.4. The third-order valence-electron chi connectivity index (χ3n) is 4.18. The van der Waals surface area contributed by atoms with Gasteiger partial charge in [0.05, 0.1) is 25.1 Å². The lowest BCUT2D eigenvalue weighted by Crippen LogP contribution is -2.47. The van der Waals surface area contributed by atoms with E-state index in [4.69, 9.17) is 4.74 Å². The summed E-state index contributed by atoms with van der Waals surface area (Å²) in [5.74, 6) is 0.746. The summed E-state index contributed by atoms with van der Waals surface area (Å²) >= 11 is 0. The fraction of sp³-hybridized carbons (Fsp3) is 0.562. The van der Waals surface area contributed by atoms with Crippen LogP contribution < -0.4 is 20.9 Å². The maximum atomic E-state index is 12.1. The lowest BCUT2D eigenvalue weighted by Gasteiger charge is -2.27. The highest BCUT2D eigenvalue weighted by atomic mass is 16.5. The molecular weight excluding hydrogens is 310 g/mol. The fourth-order valence-electron chi connectivity index (χ4n) is 2.84. The van der Waals surface area contributed by atoms with Gasteiger partial charge >= 0.3 is 6.03 Å². The predicted molar refractivity (Wildman–Crippen MR) is 90.1 cm³/mol. The smallest absolute Gasteiger partial charge is 0.319 e. The van der Waals surface area contributed by atoms with Crippen molar-refractivity contribution >= 4 is 23.4 Å². The number of rotatable bonds is 3. The Morgan fingerprint density at radius 2 is 2.12 bits per heavy atom. The normalized spacial score (nSPS) is 21.6. The van der Waals surface area contributed by atoms with Crippen molar-refractivity contribution in [2.75, 3.05) is 43.1 Å². The van der Waals surface area contributed by atoms with Crippen molar-refractivity contribution in [2.45, 2.75) is 25.3 Å². The Morgan fingerprint density at radius 3 is 2.88 bits per heavy atom. The van der Waals surface area contributed by atoms with Crippen LogP contribution in [0.15, 0.2) is 18.3 Å². The number of nitrogens with one attached hydrogen (secondary N) is 3. The van der Waals surface area contributed by atoms with Crippen molar-refractivity contribution in [3.05, 3.63) is 18.3 Å². The van der Waals surface area contributed by atoms with Crippen molar-refractivity contribution in [1.29, 1.82) is 0 Å². The van der Waals surface area contributed by atoms with Crippen molar-refractivity contribution < 1.29 is 14.3 Å². The predicted octanol–water partition coefficient (Wildman–Crippen LogP) is 0.708. The highest BCUT2D eigenvalue weighted by molar-refractivity contribution is 5.93. The second-order valence-electron chi connectivity index (χ2n) is 5.94. The van der Waals surface area contributed by atoms with Crippen LogP contribution in [0.4, 0.5) is 16.3 Å². The molecule has 0 bridgehead atoms. The van der Waals surface area contributed by atoms with E-state index in [9.17, 15) is 9.59 Å². The molecule has 1 atom stereocenters. The second-order valence-corrected chi connectivity index (χ2v) is 5.94. The molecule has 3 amide bonds. The number of ether oxygens (including phenoxy) is 1. The molecule has 2 saturated heterocycles. The summed E-state index contributed by atoms with van der Waals surface area (Å²) in [6.07, 6.45) is 4.14. The molecule has 1 aromatic heterocycles. The van der Waals surface area contributed by atoms with Gasteiger partial charge < -0.3 is 25.6 Å². The van der Waals surface area contributed by atoms with Gasteiger partial charge in [-0.3, -0.25) is 4.79 Å². The molecule has 0 spiro atoms. The Labute approximate surface area is 140 Å². The summed E-state index contributed by atoms with van der Waals surface area (Å²) in [5, 5.41) is 8.24. The number of morpholine rings is 1. The van der Waals surface area contributed by atoms with Crippen LogP contribution in [0.1, 0.15) is 19.3 Å². The molecule has 8 nitrogen and oxygen atoms in total. The molecule has 1 unspecified atom stereocenters. The van der Waals surface area contributed by atoms with Gasteiger partial charge in [-0.1, -0.05) is 0 Å². The number of aromatic nitrogens is 1. The zero-order valence-corrected chi connectivity index (χ0v) is 13.6. The Hall–Kier alpha value is -2.35. The van der Waals surface area contributed by atoms with Gasteiger partial charge in [-0.2, -0.15) is 0 Å². The summed E-state index contributed by atoms with van der Waals surface area (Å²) in [5.41, 5.74) is 0.596. The van der Waals surface area contributed by atoms with E-state index in [1.165, 1.54) is 0 Å². The molecule has 3 heterocycles. The number of hydrogen-bond donors (Lipinski definition) is 3. The summed E-state index contributed by atoms with van der Waals surface area (Å²) in [6.45, 7) is 3.71. The van der Waals surface area contributed by atoms with Crippen LogP contribution >= 0.6 is 0 Å². The zero-order valence-electron chi connectivity index (χ0n) is 13.6. The van der Waals surface area contributed by atoms with Crippen molar-refractivity contribution in [3.63, 3.8) is 0 Å². The number of carbonyl (C=O) groups is 2. The van der Waals surface area contributed by atoms with E-state index in [-0.39, 0.29) is 5.91 Å². The molecule has 0 radical (unpaired) electrons. The standard InChI is InChI=1S/C16H23N5O3/c22-15-13(3-1-2-6-17-15)20-16(23)19-12-4-5-14(18-11-12)21-7-9-24-10-8-21/h4-5,11,13H,1-3,6-10H2,(H,17,22)(H2,19,20,23). The Morgan fingerprint density at radius 1 is 1.29 bits per heavy atom. The summed E-state index contributed by atoms with van der Waals surface area (Å²) in [7, 11) is 0. The first-order chi connectivity index (χ1) is 11.7. The van der Waals surface area contributed by atoms with Crippen LogP contribution in [0.3, 0.4) is 0 Å². The minimum Gasteiger partial charge on any atom is -0.378 e. The maximum absolute atomic E-state index is 12.1. The third kappa shape index (κ3) is 4.35. The van der Waals surface area contributed by atoms with Crippen molar-refractivity contribution in [2.24, 2.45) is 0 Å². The van der Waals surface area contributed by atoms with Gasteiger partial charge in [0.15, 0.2) is 0 Å². The molecule has 0 saturated carbocycles. The van der Waals surface area contributed by atoms with Crippen LogP contribution in [0.2, 0.25) is 0 Å². The van der Waals surface area contributed by atoms with Gasteiger partial charge in [0.1, 0.15) is 11.9 Å². The Balaban J connectivity index is 1.53. The number of pyridine rings is 1. The highest BCUT2D eigenvalue weighted by Crippen LogP contribution is 2.15. The Bertz CT molecular complexity index is 572. The molecule has 2 fully saturated rings. The number of nitrogens with zero attached hydrogens (tertiary/aromatic N) is 2. The molecule has 3 N–H and O–H groups in total. The molecule has 0 aliphatic carbocycles. The van der Waals surface area contributed by atoms with Gasteiger partial charge in [-0.05, 0) is 31.4 Å². The molecule has 1 aromatic rings.